The van der Waals surface area contributed by atoms with E-state index < -0.39 is 0 Å². The van der Waals surface area contributed by atoms with Gasteiger partial charge in [-0.15, -0.1) is 0 Å². The largest absolute Gasteiger partial charge is 0.299 e. The van der Waals surface area contributed by atoms with Crippen molar-refractivity contribution in [3.8, 4) is 0 Å². The minimum Gasteiger partial charge on any atom is -0.299 e. The first-order valence-corrected chi connectivity index (χ1v) is 14.8. The summed E-state index contributed by atoms with van der Waals surface area (Å²) in [6.07, 6.45) is 11.9. The Hall–Kier alpha value is -1.77. The molecule has 0 spiro atoms. The van der Waals surface area contributed by atoms with Crippen molar-refractivity contribution in [2.45, 2.75) is 130 Å². The van der Waals surface area contributed by atoms with Crippen LogP contribution in [0, 0.1) is 30.6 Å². The third-order valence-corrected chi connectivity index (χ3v) is 9.02. The molecule has 0 aromatic heterocycles. The second kappa shape index (κ2) is 12.7. The van der Waals surface area contributed by atoms with Crippen molar-refractivity contribution in [1.29, 1.82) is 0 Å². The Labute approximate surface area is 220 Å². The van der Waals surface area contributed by atoms with E-state index in [1.807, 2.05) is 0 Å². The molecule has 1 aromatic rings. The summed E-state index contributed by atoms with van der Waals surface area (Å²) in [6.45, 7) is 13.0. The number of hydrogen-bond donors (Lipinski definition) is 0. The van der Waals surface area contributed by atoms with Crippen LogP contribution in [0.5, 0.6) is 0 Å². The molecule has 0 amide bonds. The van der Waals surface area contributed by atoms with Crippen molar-refractivity contribution in [2.75, 3.05) is 0 Å². The van der Waals surface area contributed by atoms with Gasteiger partial charge >= 0.3 is 0 Å². The van der Waals surface area contributed by atoms with E-state index in [9.17, 15) is 14.4 Å². The van der Waals surface area contributed by atoms with Gasteiger partial charge < -0.3 is 0 Å². The molecule has 2 aliphatic rings. The Morgan fingerprint density at radius 2 is 1.72 bits per heavy atom. The summed E-state index contributed by atoms with van der Waals surface area (Å²) in [5.74, 6) is 1.69. The number of carbonyl (C=O) groups is 3. The second-order valence-corrected chi connectivity index (χ2v) is 12.9. The molecule has 0 bridgehead atoms. The lowest BCUT2D eigenvalue weighted by Crippen LogP contribution is -2.30. The summed E-state index contributed by atoms with van der Waals surface area (Å²) in [5.41, 5.74) is 4.55. The van der Waals surface area contributed by atoms with E-state index >= 15 is 0 Å². The van der Waals surface area contributed by atoms with Gasteiger partial charge in [0.15, 0.2) is 5.78 Å². The van der Waals surface area contributed by atoms with Crippen molar-refractivity contribution >= 4 is 17.3 Å². The molecule has 0 radical (unpaired) electrons. The lowest BCUT2D eigenvalue weighted by molar-refractivity contribution is -0.130. The quantitative estimate of drug-likeness (QED) is 0.274. The third-order valence-electron chi connectivity index (χ3n) is 9.02. The molecule has 3 nitrogen and oxygen atoms in total. The molecular formula is C33H50O3. The summed E-state index contributed by atoms with van der Waals surface area (Å²) in [7, 11) is 0. The molecule has 36 heavy (non-hydrogen) atoms. The van der Waals surface area contributed by atoms with Crippen molar-refractivity contribution < 1.29 is 14.4 Å². The fraction of sp³-hybridized carbons (Fsp3) is 0.727. The lowest BCUT2D eigenvalue weighted by atomic mass is 9.71. The molecule has 1 aromatic carbocycles. The molecule has 0 aliphatic heterocycles. The van der Waals surface area contributed by atoms with Crippen molar-refractivity contribution in [1.82, 2.24) is 0 Å². The van der Waals surface area contributed by atoms with Crippen molar-refractivity contribution in [2.24, 2.45) is 23.7 Å². The maximum absolute atomic E-state index is 13.3. The van der Waals surface area contributed by atoms with E-state index in [0.717, 1.165) is 49.7 Å². The highest BCUT2D eigenvalue weighted by Gasteiger charge is 2.34. The molecule has 0 N–H and O–H groups in total. The molecule has 3 rings (SSSR count). The summed E-state index contributed by atoms with van der Waals surface area (Å²) >= 11 is 0. The molecule has 3 unspecified atom stereocenters. The van der Waals surface area contributed by atoms with Gasteiger partial charge in [-0.05, 0) is 72.5 Å². The highest BCUT2D eigenvalue weighted by atomic mass is 16.1. The van der Waals surface area contributed by atoms with Gasteiger partial charge in [-0.2, -0.15) is 0 Å². The van der Waals surface area contributed by atoms with Crippen LogP contribution in [0.15, 0.2) is 12.1 Å². The van der Waals surface area contributed by atoms with Gasteiger partial charge in [0.05, 0.1) is 6.42 Å². The van der Waals surface area contributed by atoms with E-state index in [2.05, 4.69) is 53.7 Å². The number of hydrogen-bond acceptors (Lipinski definition) is 3. The minimum atomic E-state index is -0.0677. The van der Waals surface area contributed by atoms with Gasteiger partial charge in [-0.3, -0.25) is 14.4 Å². The summed E-state index contributed by atoms with van der Waals surface area (Å²) in [6, 6.07) is 4.39. The Morgan fingerprint density at radius 1 is 1.03 bits per heavy atom. The Morgan fingerprint density at radius 3 is 2.33 bits per heavy atom. The maximum Gasteiger partial charge on any atom is 0.163 e. The first kappa shape index (κ1) is 28.8. The van der Waals surface area contributed by atoms with E-state index in [1.54, 1.807) is 0 Å². The van der Waals surface area contributed by atoms with Crippen LogP contribution in [-0.2, 0) is 21.4 Å². The van der Waals surface area contributed by atoms with Crippen LogP contribution in [0.1, 0.15) is 139 Å². The molecule has 2 aliphatic carbocycles. The highest BCUT2D eigenvalue weighted by molar-refractivity contribution is 6.01. The third kappa shape index (κ3) is 7.17. The fourth-order valence-corrected chi connectivity index (χ4v) is 7.24. The lowest BCUT2D eigenvalue weighted by Gasteiger charge is -2.33. The van der Waals surface area contributed by atoms with Crippen molar-refractivity contribution in [3.63, 3.8) is 0 Å². The zero-order valence-electron chi connectivity index (χ0n) is 23.9. The van der Waals surface area contributed by atoms with Crippen LogP contribution >= 0.6 is 0 Å². The van der Waals surface area contributed by atoms with Gasteiger partial charge in [0.1, 0.15) is 11.6 Å². The average Bonchev–Trinajstić information content (AvgIpc) is 3.31. The Bertz CT molecular complexity index is 929. The monoisotopic (exact) mass is 494 g/mol. The molecule has 0 saturated heterocycles. The topological polar surface area (TPSA) is 51.2 Å². The van der Waals surface area contributed by atoms with Gasteiger partial charge in [-0.1, -0.05) is 85.3 Å². The molecule has 1 saturated carbocycles. The number of fused-ring (bicyclic) bond motifs is 1. The van der Waals surface area contributed by atoms with Gasteiger partial charge in [-0.25, -0.2) is 0 Å². The summed E-state index contributed by atoms with van der Waals surface area (Å²) < 4.78 is 0. The van der Waals surface area contributed by atoms with E-state index in [0.29, 0.717) is 18.8 Å². The molecule has 3 heteroatoms. The Kier molecular flexibility index (Phi) is 10.1. The number of Topliss-reactive ketones (excluding diaryl/α,β-unsaturated/α-hetero) is 3. The zero-order valence-corrected chi connectivity index (χ0v) is 23.9. The number of benzene rings is 1. The molecule has 0 heterocycles. The predicted molar refractivity (Wildman–Crippen MR) is 149 cm³/mol. The molecular weight excluding hydrogens is 444 g/mol. The highest BCUT2D eigenvalue weighted by Crippen LogP contribution is 2.39. The normalized spacial score (nSPS) is 20.3. The van der Waals surface area contributed by atoms with E-state index in [-0.39, 0.29) is 46.9 Å². The first-order chi connectivity index (χ1) is 17.0. The molecule has 200 valence electrons. The van der Waals surface area contributed by atoms with Crippen LogP contribution in [0.3, 0.4) is 0 Å². The van der Waals surface area contributed by atoms with Gasteiger partial charge in [0.2, 0.25) is 0 Å². The van der Waals surface area contributed by atoms with Crippen LogP contribution < -0.4 is 0 Å². The summed E-state index contributed by atoms with van der Waals surface area (Å²) in [5, 5.41) is 0. The van der Waals surface area contributed by atoms with Gasteiger partial charge in [0, 0.05) is 24.3 Å². The number of carbonyl (C=O) groups excluding carboxylic acids is 3. The zero-order chi connectivity index (χ0) is 26.5. The van der Waals surface area contributed by atoms with E-state index in [4.69, 9.17) is 0 Å². The molecule has 3 atom stereocenters. The van der Waals surface area contributed by atoms with Crippen LogP contribution in [0.25, 0.3) is 0 Å². The SMILES string of the molecule is CCCC(CC1CC(=O)c2c(ccc(C(C)(C)C)c2C)C1)C(CC)C(=O)CC(=O)CCC1CCCC1. The standard InChI is InChI=1S/C33H50O3/c1-7-11-25(28(8-2)30(35)21-27(34)16-14-23-12-9-10-13-23)18-24-19-26-15-17-29(33(4,5)6)22(3)32(26)31(36)20-24/h15,17,23-25,28H,7-14,16,18-21H2,1-6H3. The smallest absolute Gasteiger partial charge is 0.163 e. The minimum absolute atomic E-state index is 0.0196. The number of rotatable bonds is 12. The predicted octanol–water partition coefficient (Wildman–Crippen LogP) is 8.37. The van der Waals surface area contributed by atoms with Gasteiger partial charge in [0.25, 0.3) is 0 Å². The number of ketones is 3. The second-order valence-electron chi connectivity index (χ2n) is 12.9. The summed E-state index contributed by atoms with van der Waals surface area (Å²) in [4.78, 5) is 39.3. The average molecular weight is 495 g/mol. The first-order valence-electron chi connectivity index (χ1n) is 14.8. The van der Waals surface area contributed by atoms with Crippen LogP contribution in [0.2, 0.25) is 0 Å². The van der Waals surface area contributed by atoms with Crippen LogP contribution in [-0.4, -0.2) is 17.3 Å². The maximum atomic E-state index is 13.3. The molecule has 1 fully saturated rings. The van der Waals surface area contributed by atoms with Crippen LogP contribution in [0.4, 0.5) is 0 Å². The Balaban J connectivity index is 1.66. The van der Waals surface area contributed by atoms with Crippen molar-refractivity contribution in [3.05, 3.63) is 34.4 Å². The fourth-order valence-electron chi connectivity index (χ4n) is 7.24. The van der Waals surface area contributed by atoms with E-state index in [1.165, 1.54) is 36.8 Å².